The molecular weight excluding hydrogens is 271 g/mol. The number of H-pyrrole nitrogens is 1. The third kappa shape index (κ3) is 2.30. The Morgan fingerprint density at radius 1 is 1.11 bits per heavy atom. The van der Waals surface area contributed by atoms with Crippen molar-refractivity contribution >= 4 is 15.7 Å². The Morgan fingerprint density at radius 2 is 1.78 bits per heavy atom. The summed E-state index contributed by atoms with van der Waals surface area (Å²) in [6.07, 6.45) is 1.18. The second kappa shape index (κ2) is 4.33. The molecule has 0 fully saturated rings. The zero-order valence-electron chi connectivity index (χ0n) is 8.62. The van der Waals surface area contributed by atoms with Gasteiger partial charge in [-0.1, -0.05) is 0 Å². The van der Waals surface area contributed by atoms with E-state index in [9.17, 15) is 21.6 Å². The third-order valence-corrected chi connectivity index (χ3v) is 3.31. The minimum Gasteiger partial charge on any atom is -0.275 e. The molecule has 9 heteroatoms. The SMILES string of the molecule is O=S(=O)(Nc1cc(F)c(F)cc1F)c1ccn[nH]1. The van der Waals surface area contributed by atoms with Gasteiger partial charge in [-0.3, -0.25) is 9.82 Å². The van der Waals surface area contributed by atoms with Crippen molar-refractivity contribution in [1.29, 1.82) is 0 Å². The van der Waals surface area contributed by atoms with Crippen LogP contribution in [0.3, 0.4) is 0 Å². The summed E-state index contributed by atoms with van der Waals surface area (Å²) >= 11 is 0. The van der Waals surface area contributed by atoms with E-state index in [2.05, 4.69) is 10.2 Å². The normalized spacial score (nSPS) is 11.5. The van der Waals surface area contributed by atoms with E-state index in [-0.39, 0.29) is 11.1 Å². The Morgan fingerprint density at radius 3 is 2.39 bits per heavy atom. The average molecular weight is 277 g/mol. The molecule has 2 N–H and O–H groups in total. The van der Waals surface area contributed by atoms with Crippen LogP contribution in [-0.2, 0) is 10.0 Å². The zero-order chi connectivity index (χ0) is 13.3. The van der Waals surface area contributed by atoms with Gasteiger partial charge in [0.2, 0.25) is 0 Å². The molecule has 0 bridgehead atoms. The van der Waals surface area contributed by atoms with Gasteiger partial charge in [0.1, 0.15) is 5.82 Å². The smallest absolute Gasteiger partial charge is 0.275 e. The molecule has 0 amide bonds. The molecule has 0 unspecified atom stereocenters. The van der Waals surface area contributed by atoms with E-state index >= 15 is 0 Å². The van der Waals surface area contributed by atoms with Crippen LogP contribution >= 0.6 is 0 Å². The fourth-order valence-electron chi connectivity index (χ4n) is 1.19. The quantitative estimate of drug-likeness (QED) is 0.837. The monoisotopic (exact) mass is 277 g/mol. The van der Waals surface area contributed by atoms with Crippen molar-refractivity contribution in [3.63, 3.8) is 0 Å². The van der Waals surface area contributed by atoms with Crippen LogP contribution < -0.4 is 4.72 Å². The standard InChI is InChI=1S/C9H6F3N3O2S/c10-5-3-7(12)8(4-6(5)11)15-18(16,17)9-1-2-13-14-9/h1-4,15H,(H,13,14). The third-order valence-electron chi connectivity index (χ3n) is 2.02. The summed E-state index contributed by atoms with van der Waals surface area (Å²) in [4.78, 5) is 0. The van der Waals surface area contributed by atoms with Crippen LogP contribution in [0, 0.1) is 17.5 Å². The topological polar surface area (TPSA) is 74.8 Å². The van der Waals surface area contributed by atoms with Crippen LogP contribution in [0.25, 0.3) is 0 Å². The molecule has 0 aliphatic carbocycles. The number of benzene rings is 1. The first-order valence-corrected chi connectivity index (χ1v) is 6.05. The first kappa shape index (κ1) is 12.4. The van der Waals surface area contributed by atoms with Crippen molar-refractivity contribution in [1.82, 2.24) is 10.2 Å². The Hall–Kier alpha value is -2.03. The summed E-state index contributed by atoms with van der Waals surface area (Å²) in [7, 11) is -4.12. The Labute approximate surface area is 99.7 Å². The van der Waals surface area contributed by atoms with Crippen LogP contribution in [-0.4, -0.2) is 18.6 Å². The van der Waals surface area contributed by atoms with Gasteiger partial charge in [-0.25, -0.2) is 13.2 Å². The highest BCUT2D eigenvalue weighted by molar-refractivity contribution is 7.92. The number of anilines is 1. The van der Waals surface area contributed by atoms with Gasteiger partial charge in [-0.05, 0) is 6.07 Å². The number of rotatable bonds is 3. The van der Waals surface area contributed by atoms with Crippen LogP contribution in [0.15, 0.2) is 29.4 Å². The number of halogens is 3. The first-order valence-electron chi connectivity index (χ1n) is 4.57. The molecule has 1 aromatic carbocycles. The maximum atomic E-state index is 13.2. The van der Waals surface area contributed by atoms with Crippen molar-refractivity contribution in [2.45, 2.75) is 5.03 Å². The molecule has 0 aliphatic heterocycles. The van der Waals surface area contributed by atoms with Gasteiger partial charge in [0.05, 0.1) is 11.9 Å². The minimum atomic E-state index is -4.12. The summed E-state index contributed by atoms with van der Waals surface area (Å²) in [5.41, 5.74) is -0.691. The lowest BCUT2D eigenvalue weighted by atomic mass is 10.3. The fourth-order valence-corrected chi connectivity index (χ4v) is 2.16. The lowest BCUT2D eigenvalue weighted by molar-refractivity contribution is 0.496. The highest BCUT2D eigenvalue weighted by atomic mass is 32.2. The number of nitrogens with one attached hydrogen (secondary N) is 2. The Bertz CT molecular complexity index is 671. The number of aromatic nitrogens is 2. The first-order chi connectivity index (χ1) is 8.40. The van der Waals surface area contributed by atoms with E-state index < -0.39 is 33.2 Å². The number of nitrogens with zero attached hydrogens (tertiary/aromatic N) is 1. The van der Waals surface area contributed by atoms with E-state index in [4.69, 9.17) is 0 Å². The predicted octanol–water partition coefficient (Wildman–Crippen LogP) is 1.63. The molecule has 0 aliphatic rings. The van der Waals surface area contributed by atoms with Crippen LogP contribution in [0.1, 0.15) is 0 Å². The van der Waals surface area contributed by atoms with Crippen molar-refractivity contribution in [2.24, 2.45) is 0 Å². The van der Waals surface area contributed by atoms with Gasteiger partial charge >= 0.3 is 0 Å². The molecular formula is C9H6F3N3O2S. The van der Waals surface area contributed by atoms with Crippen LogP contribution in [0.2, 0.25) is 0 Å². The summed E-state index contributed by atoms with van der Waals surface area (Å²) in [6, 6.07) is 1.79. The average Bonchev–Trinajstić information content (AvgIpc) is 2.79. The zero-order valence-corrected chi connectivity index (χ0v) is 9.43. The molecule has 18 heavy (non-hydrogen) atoms. The number of aromatic amines is 1. The summed E-state index contributed by atoms with van der Waals surface area (Å²) in [5, 5.41) is 5.24. The van der Waals surface area contributed by atoms with Gasteiger partial charge in [-0.2, -0.15) is 13.5 Å². The number of hydrogen-bond acceptors (Lipinski definition) is 3. The molecule has 0 saturated carbocycles. The van der Waals surface area contributed by atoms with Crippen molar-refractivity contribution < 1.29 is 21.6 Å². The Balaban J connectivity index is 2.39. The van der Waals surface area contributed by atoms with E-state index in [1.165, 1.54) is 6.20 Å². The van der Waals surface area contributed by atoms with E-state index in [0.717, 1.165) is 6.07 Å². The van der Waals surface area contributed by atoms with Gasteiger partial charge in [0.25, 0.3) is 10.0 Å². The molecule has 0 atom stereocenters. The van der Waals surface area contributed by atoms with Gasteiger partial charge in [0, 0.05) is 12.1 Å². The predicted molar refractivity (Wildman–Crippen MR) is 55.7 cm³/mol. The molecule has 2 rings (SSSR count). The van der Waals surface area contributed by atoms with E-state index in [0.29, 0.717) is 6.07 Å². The molecule has 5 nitrogen and oxygen atoms in total. The highest BCUT2D eigenvalue weighted by Crippen LogP contribution is 2.21. The van der Waals surface area contributed by atoms with Crippen LogP contribution in [0.4, 0.5) is 18.9 Å². The second-order valence-corrected chi connectivity index (χ2v) is 4.92. The van der Waals surface area contributed by atoms with E-state index in [1.807, 2.05) is 0 Å². The molecule has 0 spiro atoms. The van der Waals surface area contributed by atoms with Crippen molar-refractivity contribution in [3.8, 4) is 0 Å². The van der Waals surface area contributed by atoms with Crippen molar-refractivity contribution in [3.05, 3.63) is 41.8 Å². The second-order valence-electron chi connectivity index (χ2n) is 3.27. The largest absolute Gasteiger partial charge is 0.278 e. The molecule has 0 radical (unpaired) electrons. The molecule has 96 valence electrons. The lowest BCUT2D eigenvalue weighted by Gasteiger charge is -2.07. The molecule has 0 saturated heterocycles. The molecule has 1 heterocycles. The maximum absolute atomic E-state index is 13.2. The van der Waals surface area contributed by atoms with E-state index in [1.54, 1.807) is 4.72 Å². The molecule has 2 aromatic rings. The van der Waals surface area contributed by atoms with Crippen LogP contribution in [0.5, 0.6) is 0 Å². The van der Waals surface area contributed by atoms with Gasteiger partial charge in [-0.15, -0.1) is 0 Å². The summed E-state index contributed by atoms with van der Waals surface area (Å²) in [5.74, 6) is -3.99. The summed E-state index contributed by atoms with van der Waals surface area (Å²) < 4.78 is 63.8. The maximum Gasteiger partial charge on any atom is 0.278 e. The number of sulfonamides is 1. The number of hydrogen-bond donors (Lipinski definition) is 2. The van der Waals surface area contributed by atoms with Gasteiger partial charge in [0.15, 0.2) is 16.7 Å². The highest BCUT2D eigenvalue weighted by Gasteiger charge is 2.19. The fraction of sp³-hybridized carbons (Fsp3) is 0. The Kier molecular flexibility index (Phi) is 2.99. The van der Waals surface area contributed by atoms with Crippen molar-refractivity contribution in [2.75, 3.05) is 4.72 Å². The van der Waals surface area contributed by atoms with Gasteiger partial charge < -0.3 is 0 Å². The summed E-state index contributed by atoms with van der Waals surface area (Å²) in [6.45, 7) is 0. The lowest BCUT2D eigenvalue weighted by Crippen LogP contribution is -2.15. The molecule has 1 aromatic heterocycles. The minimum absolute atomic E-state index is 0.250.